The zero-order chi connectivity index (χ0) is 16.4. The van der Waals surface area contributed by atoms with Crippen molar-refractivity contribution < 1.29 is 18.8 Å². The van der Waals surface area contributed by atoms with Gasteiger partial charge in [-0.05, 0) is 25.0 Å². The fourth-order valence-electron chi connectivity index (χ4n) is 2.19. The van der Waals surface area contributed by atoms with Crippen molar-refractivity contribution in [3.05, 3.63) is 35.1 Å². The van der Waals surface area contributed by atoms with Crippen molar-refractivity contribution in [1.82, 2.24) is 5.32 Å². The van der Waals surface area contributed by atoms with Crippen LogP contribution in [0.5, 0.6) is 0 Å². The van der Waals surface area contributed by atoms with E-state index in [1.54, 1.807) is 0 Å². The molecule has 1 aromatic carbocycles. The first-order valence-corrected chi connectivity index (χ1v) is 6.65. The summed E-state index contributed by atoms with van der Waals surface area (Å²) in [6.07, 6.45) is 1.44. The average molecular weight is 303 g/mol. The lowest BCUT2D eigenvalue weighted by molar-refractivity contribution is -0.133. The number of nitrogens with two attached hydrogens (primary N) is 2. The topological polar surface area (TPSA) is 128 Å². The van der Waals surface area contributed by atoms with Gasteiger partial charge in [-0.15, -0.1) is 0 Å². The third kappa shape index (κ3) is 2.93. The van der Waals surface area contributed by atoms with Gasteiger partial charge in [0.1, 0.15) is 5.58 Å². The molecule has 0 spiro atoms. The van der Waals surface area contributed by atoms with E-state index in [1.807, 2.05) is 26.0 Å². The van der Waals surface area contributed by atoms with Crippen LogP contribution in [-0.2, 0) is 20.8 Å². The number of rotatable bonds is 5. The molecule has 0 aliphatic rings. The normalized spacial score (nSPS) is 10.9. The first-order chi connectivity index (χ1) is 10.3. The van der Waals surface area contributed by atoms with E-state index in [1.165, 1.54) is 6.26 Å². The summed E-state index contributed by atoms with van der Waals surface area (Å²) < 4.78 is 5.50. The van der Waals surface area contributed by atoms with Gasteiger partial charge >= 0.3 is 0 Å². The second kappa shape index (κ2) is 5.88. The summed E-state index contributed by atoms with van der Waals surface area (Å²) in [5.41, 5.74) is 13.5. The van der Waals surface area contributed by atoms with Gasteiger partial charge in [-0.2, -0.15) is 0 Å². The highest BCUT2D eigenvalue weighted by Crippen LogP contribution is 2.26. The van der Waals surface area contributed by atoms with Crippen LogP contribution in [0.3, 0.4) is 0 Å². The Balaban J connectivity index is 2.21. The summed E-state index contributed by atoms with van der Waals surface area (Å²) in [6.45, 7) is 3.90. The lowest BCUT2D eigenvalue weighted by Gasteiger charge is -2.11. The molecule has 5 N–H and O–H groups in total. The standard InChI is InChI=1S/C15H17N3O4/c1-7-3-4-10-9(6-22-13(10)8(7)2)5-11(19)18-12(14(16)20)15(17)21/h3-4,6,12H,5H2,1-2H3,(H2,16,20)(H2,17,21)(H,18,19). The molecule has 0 bridgehead atoms. The van der Waals surface area contributed by atoms with Crippen molar-refractivity contribution in [2.75, 3.05) is 0 Å². The van der Waals surface area contributed by atoms with Crippen molar-refractivity contribution in [2.24, 2.45) is 11.5 Å². The van der Waals surface area contributed by atoms with E-state index in [9.17, 15) is 14.4 Å². The van der Waals surface area contributed by atoms with E-state index >= 15 is 0 Å². The van der Waals surface area contributed by atoms with Gasteiger partial charge in [-0.3, -0.25) is 14.4 Å². The number of nitrogens with one attached hydrogen (secondary N) is 1. The minimum Gasteiger partial charge on any atom is -0.464 e. The van der Waals surface area contributed by atoms with Gasteiger partial charge in [0.25, 0.3) is 0 Å². The molecule has 0 aliphatic heterocycles. The molecule has 3 amide bonds. The van der Waals surface area contributed by atoms with Crippen LogP contribution in [0.1, 0.15) is 16.7 Å². The summed E-state index contributed by atoms with van der Waals surface area (Å²) >= 11 is 0. The van der Waals surface area contributed by atoms with Crippen molar-refractivity contribution in [3.63, 3.8) is 0 Å². The molecule has 7 heteroatoms. The van der Waals surface area contributed by atoms with E-state index in [-0.39, 0.29) is 6.42 Å². The van der Waals surface area contributed by atoms with Crippen molar-refractivity contribution in [1.29, 1.82) is 0 Å². The van der Waals surface area contributed by atoms with Gasteiger partial charge in [-0.25, -0.2) is 0 Å². The molecule has 0 aliphatic carbocycles. The number of fused-ring (bicyclic) bond motifs is 1. The molecule has 2 rings (SSSR count). The highest BCUT2D eigenvalue weighted by molar-refractivity contribution is 6.06. The minimum atomic E-state index is -1.52. The summed E-state index contributed by atoms with van der Waals surface area (Å²) in [5.74, 6) is -2.53. The minimum absolute atomic E-state index is 0.0490. The van der Waals surface area contributed by atoms with Crippen LogP contribution in [0, 0.1) is 13.8 Å². The Morgan fingerprint density at radius 3 is 2.41 bits per heavy atom. The molecule has 0 saturated heterocycles. The van der Waals surface area contributed by atoms with Crippen LogP contribution in [0.2, 0.25) is 0 Å². The third-order valence-corrected chi connectivity index (χ3v) is 3.57. The van der Waals surface area contributed by atoms with Crippen LogP contribution < -0.4 is 16.8 Å². The Bertz CT molecular complexity index is 749. The maximum absolute atomic E-state index is 12.0. The van der Waals surface area contributed by atoms with Crippen molar-refractivity contribution >= 4 is 28.7 Å². The summed E-state index contributed by atoms with van der Waals surface area (Å²) in [7, 11) is 0. The molecule has 1 heterocycles. The summed E-state index contributed by atoms with van der Waals surface area (Å²) in [6, 6.07) is 2.28. The number of furan rings is 1. The Morgan fingerprint density at radius 1 is 1.18 bits per heavy atom. The Labute approximate surface area is 126 Å². The predicted molar refractivity (Wildman–Crippen MR) is 79.7 cm³/mol. The van der Waals surface area contributed by atoms with Crippen LogP contribution in [0.15, 0.2) is 22.8 Å². The summed E-state index contributed by atoms with van der Waals surface area (Å²) in [5, 5.41) is 3.03. The maximum atomic E-state index is 12.0. The summed E-state index contributed by atoms with van der Waals surface area (Å²) in [4.78, 5) is 34.1. The number of carbonyl (C=O) groups is 3. The molecule has 0 unspecified atom stereocenters. The molecule has 2 aromatic rings. The van der Waals surface area contributed by atoms with Crippen molar-refractivity contribution in [2.45, 2.75) is 26.3 Å². The second-order valence-electron chi connectivity index (χ2n) is 5.13. The monoisotopic (exact) mass is 303 g/mol. The van der Waals surface area contributed by atoms with E-state index in [0.29, 0.717) is 11.1 Å². The van der Waals surface area contributed by atoms with Gasteiger partial charge < -0.3 is 21.2 Å². The van der Waals surface area contributed by atoms with E-state index < -0.39 is 23.8 Å². The fraction of sp³-hybridized carbons (Fsp3) is 0.267. The predicted octanol–water partition coefficient (Wildman–Crippen LogP) is 0.0475. The zero-order valence-corrected chi connectivity index (χ0v) is 12.3. The Hall–Kier alpha value is -2.83. The quantitative estimate of drug-likeness (QED) is 0.674. The van der Waals surface area contributed by atoms with Crippen LogP contribution in [-0.4, -0.2) is 23.8 Å². The number of benzene rings is 1. The molecule has 0 fully saturated rings. The number of hydrogen-bond acceptors (Lipinski definition) is 4. The molecular weight excluding hydrogens is 286 g/mol. The number of hydrogen-bond donors (Lipinski definition) is 3. The average Bonchev–Trinajstić information content (AvgIpc) is 2.83. The third-order valence-electron chi connectivity index (χ3n) is 3.57. The molecule has 116 valence electrons. The molecule has 22 heavy (non-hydrogen) atoms. The van der Waals surface area contributed by atoms with Gasteiger partial charge in [0.15, 0.2) is 6.04 Å². The molecule has 0 atom stereocenters. The largest absolute Gasteiger partial charge is 0.464 e. The Morgan fingerprint density at radius 2 is 1.82 bits per heavy atom. The van der Waals surface area contributed by atoms with Crippen LogP contribution >= 0.6 is 0 Å². The lowest BCUT2D eigenvalue weighted by Crippen LogP contribution is -2.52. The molecule has 0 radical (unpaired) electrons. The van der Waals surface area contributed by atoms with Gasteiger partial charge in [0.05, 0.1) is 12.7 Å². The number of amides is 3. The first kappa shape index (κ1) is 15.6. The molecular formula is C15H17N3O4. The SMILES string of the molecule is Cc1ccc2c(CC(=O)NC(C(N)=O)C(N)=O)coc2c1C. The molecule has 0 saturated carbocycles. The molecule has 1 aromatic heterocycles. The number of aryl methyl sites for hydroxylation is 2. The Kier molecular flexibility index (Phi) is 4.16. The highest BCUT2D eigenvalue weighted by Gasteiger charge is 2.24. The zero-order valence-electron chi connectivity index (χ0n) is 12.3. The van der Waals surface area contributed by atoms with Gasteiger partial charge in [-0.1, -0.05) is 12.1 Å². The van der Waals surface area contributed by atoms with E-state index in [2.05, 4.69) is 5.32 Å². The van der Waals surface area contributed by atoms with E-state index in [4.69, 9.17) is 15.9 Å². The maximum Gasteiger partial charge on any atom is 0.249 e. The lowest BCUT2D eigenvalue weighted by atomic mass is 10.0. The molecule has 7 nitrogen and oxygen atoms in total. The smallest absolute Gasteiger partial charge is 0.249 e. The highest BCUT2D eigenvalue weighted by atomic mass is 16.3. The van der Waals surface area contributed by atoms with Gasteiger partial charge in [0, 0.05) is 10.9 Å². The number of carbonyl (C=O) groups excluding carboxylic acids is 3. The van der Waals surface area contributed by atoms with Crippen LogP contribution in [0.25, 0.3) is 11.0 Å². The second-order valence-corrected chi connectivity index (χ2v) is 5.13. The van der Waals surface area contributed by atoms with E-state index in [0.717, 1.165) is 16.5 Å². The van der Waals surface area contributed by atoms with Gasteiger partial charge in [0.2, 0.25) is 17.7 Å². The first-order valence-electron chi connectivity index (χ1n) is 6.65. The fourth-order valence-corrected chi connectivity index (χ4v) is 2.19. The number of primary amides is 2. The van der Waals surface area contributed by atoms with Crippen molar-refractivity contribution in [3.8, 4) is 0 Å². The van der Waals surface area contributed by atoms with Crippen LogP contribution in [0.4, 0.5) is 0 Å².